The zero-order valence-electron chi connectivity index (χ0n) is 13.0. The van der Waals surface area contributed by atoms with Crippen LogP contribution >= 0.6 is 11.6 Å². The summed E-state index contributed by atoms with van der Waals surface area (Å²) in [5.74, 6) is 0.0888. The van der Waals surface area contributed by atoms with Crippen LogP contribution in [0.15, 0.2) is 42.7 Å². The number of halogens is 2. The molecule has 0 aliphatic heterocycles. The Morgan fingerprint density at radius 3 is 2.76 bits per heavy atom. The summed E-state index contributed by atoms with van der Waals surface area (Å²) in [5, 5.41) is 14.6. The van der Waals surface area contributed by atoms with E-state index in [-0.39, 0.29) is 16.9 Å². The summed E-state index contributed by atoms with van der Waals surface area (Å²) in [6.45, 7) is 0. The predicted molar refractivity (Wildman–Crippen MR) is 90.5 cm³/mol. The Morgan fingerprint density at radius 1 is 1.24 bits per heavy atom. The second kappa shape index (κ2) is 6.25. The smallest absolute Gasteiger partial charge is 0.258 e. The number of nitrogens with zero attached hydrogens (tertiary/aromatic N) is 4. The van der Waals surface area contributed by atoms with Gasteiger partial charge in [0.25, 0.3) is 5.91 Å². The topological polar surface area (TPSA) is 72.7 Å². The van der Waals surface area contributed by atoms with Crippen LogP contribution in [0.2, 0.25) is 5.15 Å². The number of amides is 1. The van der Waals surface area contributed by atoms with Crippen molar-refractivity contribution < 1.29 is 9.18 Å². The standard InChI is InChI=1S/C17H13ClFN5O/c18-15-5-6-16(23-22-15)24-9-11(8-20-24)17(25)21-12-3-4-13(10-1-2-10)14(19)7-12/h3-10H,1-2H2,(H,21,25). The largest absolute Gasteiger partial charge is 0.322 e. The first-order valence-electron chi connectivity index (χ1n) is 7.75. The van der Waals surface area contributed by atoms with Gasteiger partial charge in [0, 0.05) is 11.9 Å². The fourth-order valence-corrected chi connectivity index (χ4v) is 2.63. The number of anilines is 1. The van der Waals surface area contributed by atoms with Crippen molar-refractivity contribution in [1.82, 2.24) is 20.0 Å². The number of aromatic nitrogens is 4. The highest BCUT2D eigenvalue weighted by atomic mass is 35.5. The van der Waals surface area contributed by atoms with E-state index in [0.717, 1.165) is 12.8 Å². The van der Waals surface area contributed by atoms with Gasteiger partial charge < -0.3 is 5.32 Å². The normalized spacial score (nSPS) is 13.7. The molecule has 0 bridgehead atoms. The van der Waals surface area contributed by atoms with Crippen LogP contribution in [-0.2, 0) is 0 Å². The maximum atomic E-state index is 14.1. The Kier molecular flexibility index (Phi) is 3.93. The number of carbonyl (C=O) groups is 1. The van der Waals surface area contributed by atoms with Crippen molar-refractivity contribution in [3.8, 4) is 5.82 Å². The predicted octanol–water partition coefficient (Wildman–Crippen LogP) is 3.58. The molecule has 1 amide bonds. The molecular formula is C17H13ClFN5O. The molecule has 0 saturated heterocycles. The van der Waals surface area contributed by atoms with Crippen LogP contribution in [0.5, 0.6) is 0 Å². The second-order valence-electron chi connectivity index (χ2n) is 5.85. The number of hydrogen-bond acceptors (Lipinski definition) is 4. The molecule has 2 heterocycles. The minimum atomic E-state index is -0.383. The van der Waals surface area contributed by atoms with E-state index in [0.29, 0.717) is 28.6 Å². The maximum Gasteiger partial charge on any atom is 0.258 e. The third-order valence-corrected chi connectivity index (χ3v) is 4.17. The van der Waals surface area contributed by atoms with Gasteiger partial charge in [-0.25, -0.2) is 9.07 Å². The zero-order valence-corrected chi connectivity index (χ0v) is 13.7. The summed E-state index contributed by atoms with van der Waals surface area (Å²) in [7, 11) is 0. The van der Waals surface area contributed by atoms with Crippen LogP contribution in [0.1, 0.15) is 34.7 Å². The van der Waals surface area contributed by atoms with E-state index in [1.807, 2.05) is 0 Å². The van der Waals surface area contributed by atoms with Gasteiger partial charge >= 0.3 is 0 Å². The highest BCUT2D eigenvalue weighted by Crippen LogP contribution is 2.41. The van der Waals surface area contributed by atoms with Crippen molar-refractivity contribution in [2.45, 2.75) is 18.8 Å². The lowest BCUT2D eigenvalue weighted by Gasteiger charge is -2.06. The molecule has 6 nitrogen and oxygen atoms in total. The van der Waals surface area contributed by atoms with Crippen molar-refractivity contribution in [1.29, 1.82) is 0 Å². The highest BCUT2D eigenvalue weighted by Gasteiger charge is 2.26. The molecule has 8 heteroatoms. The maximum absolute atomic E-state index is 14.1. The number of hydrogen-bond donors (Lipinski definition) is 1. The molecule has 1 aliphatic rings. The first-order chi connectivity index (χ1) is 12.1. The van der Waals surface area contributed by atoms with Crippen LogP contribution in [0.3, 0.4) is 0 Å². The zero-order chi connectivity index (χ0) is 17.4. The molecule has 2 aromatic heterocycles. The van der Waals surface area contributed by atoms with Crippen LogP contribution in [0, 0.1) is 5.82 Å². The summed E-state index contributed by atoms with van der Waals surface area (Å²) in [4.78, 5) is 12.3. The molecule has 1 saturated carbocycles. The lowest BCUT2D eigenvalue weighted by molar-refractivity contribution is 0.102. The van der Waals surface area contributed by atoms with E-state index in [9.17, 15) is 9.18 Å². The van der Waals surface area contributed by atoms with E-state index in [1.165, 1.54) is 23.1 Å². The molecule has 1 aromatic carbocycles. The van der Waals surface area contributed by atoms with E-state index < -0.39 is 0 Å². The molecule has 4 rings (SSSR count). The molecule has 1 N–H and O–H groups in total. The van der Waals surface area contributed by atoms with Gasteiger partial charge in [-0.1, -0.05) is 17.7 Å². The van der Waals surface area contributed by atoms with Gasteiger partial charge in [-0.05, 0) is 48.6 Å². The lowest BCUT2D eigenvalue weighted by atomic mass is 10.1. The van der Waals surface area contributed by atoms with Crippen molar-refractivity contribution in [3.05, 3.63) is 64.8 Å². The second-order valence-corrected chi connectivity index (χ2v) is 6.24. The van der Waals surface area contributed by atoms with E-state index in [1.54, 1.807) is 24.3 Å². The van der Waals surface area contributed by atoms with Crippen LogP contribution in [-0.4, -0.2) is 25.9 Å². The van der Waals surface area contributed by atoms with Gasteiger partial charge in [0.2, 0.25) is 0 Å². The highest BCUT2D eigenvalue weighted by molar-refractivity contribution is 6.29. The quantitative estimate of drug-likeness (QED) is 0.774. The van der Waals surface area contributed by atoms with Gasteiger partial charge in [0.1, 0.15) is 5.82 Å². The summed E-state index contributed by atoms with van der Waals surface area (Å²) >= 11 is 5.69. The minimum absolute atomic E-state index is 0.269. The first kappa shape index (κ1) is 15.7. The fourth-order valence-electron chi connectivity index (χ4n) is 2.53. The third-order valence-electron chi connectivity index (χ3n) is 3.97. The average molecular weight is 358 g/mol. The van der Waals surface area contributed by atoms with Gasteiger partial charge in [-0.3, -0.25) is 4.79 Å². The summed E-state index contributed by atoms with van der Waals surface area (Å²) in [5.41, 5.74) is 1.45. The van der Waals surface area contributed by atoms with Gasteiger partial charge in [-0.2, -0.15) is 5.10 Å². The van der Waals surface area contributed by atoms with E-state index >= 15 is 0 Å². The molecule has 0 atom stereocenters. The molecule has 1 fully saturated rings. The fraction of sp³-hybridized carbons (Fsp3) is 0.176. The Balaban J connectivity index is 1.49. The van der Waals surface area contributed by atoms with Crippen molar-refractivity contribution in [2.24, 2.45) is 0 Å². The number of rotatable bonds is 4. The molecule has 0 radical (unpaired) electrons. The third kappa shape index (κ3) is 3.36. The Labute approximate surface area is 147 Å². The summed E-state index contributed by atoms with van der Waals surface area (Å²) < 4.78 is 15.5. The van der Waals surface area contributed by atoms with E-state index in [4.69, 9.17) is 11.6 Å². The Bertz CT molecular complexity index is 936. The molecule has 0 spiro atoms. The van der Waals surface area contributed by atoms with Crippen LogP contribution in [0.25, 0.3) is 5.82 Å². The Morgan fingerprint density at radius 2 is 2.08 bits per heavy atom. The molecule has 0 unspecified atom stereocenters. The number of nitrogens with one attached hydrogen (secondary N) is 1. The van der Waals surface area contributed by atoms with E-state index in [2.05, 4.69) is 20.6 Å². The van der Waals surface area contributed by atoms with Crippen LogP contribution in [0.4, 0.5) is 10.1 Å². The first-order valence-corrected chi connectivity index (χ1v) is 8.13. The average Bonchev–Trinajstić information content (AvgIpc) is 3.31. The summed E-state index contributed by atoms with van der Waals surface area (Å²) in [6.07, 6.45) is 4.97. The monoisotopic (exact) mass is 357 g/mol. The summed E-state index contributed by atoms with van der Waals surface area (Å²) in [6, 6.07) is 8.01. The molecule has 126 valence electrons. The van der Waals surface area contributed by atoms with Crippen molar-refractivity contribution >= 4 is 23.2 Å². The SMILES string of the molecule is O=C(Nc1ccc(C2CC2)c(F)c1)c1cnn(-c2ccc(Cl)nn2)c1. The molecule has 1 aliphatic carbocycles. The van der Waals surface area contributed by atoms with Crippen molar-refractivity contribution in [3.63, 3.8) is 0 Å². The van der Waals surface area contributed by atoms with Gasteiger partial charge in [-0.15, -0.1) is 10.2 Å². The molecular weight excluding hydrogens is 345 g/mol. The Hall–Kier alpha value is -2.80. The van der Waals surface area contributed by atoms with Gasteiger partial charge in [0.15, 0.2) is 11.0 Å². The molecule has 3 aromatic rings. The van der Waals surface area contributed by atoms with Gasteiger partial charge in [0.05, 0.1) is 11.8 Å². The van der Waals surface area contributed by atoms with Crippen LogP contribution < -0.4 is 5.32 Å². The minimum Gasteiger partial charge on any atom is -0.322 e. The number of carbonyl (C=O) groups excluding carboxylic acids is 1. The lowest BCUT2D eigenvalue weighted by Crippen LogP contribution is -2.11. The molecule has 25 heavy (non-hydrogen) atoms. The number of benzene rings is 1. The van der Waals surface area contributed by atoms with Crippen molar-refractivity contribution in [2.75, 3.05) is 5.32 Å².